The molecule has 106 valence electrons. The Hall–Kier alpha value is -1.46. The van der Waals surface area contributed by atoms with Gasteiger partial charge < -0.3 is 20.1 Å². The Labute approximate surface area is 118 Å². The van der Waals surface area contributed by atoms with Gasteiger partial charge in [0.2, 0.25) is 0 Å². The summed E-state index contributed by atoms with van der Waals surface area (Å²) in [6, 6.07) is 6.81. The molecule has 19 heavy (non-hydrogen) atoms. The molecule has 0 bridgehead atoms. The Morgan fingerprint density at radius 2 is 2.11 bits per heavy atom. The SMILES string of the molecule is CC(CNC(=O)N(C)CCO)Oc1ccc(Cl)cc1. The van der Waals surface area contributed by atoms with Gasteiger partial charge in [-0.25, -0.2) is 4.79 Å². The predicted octanol–water partition coefficient (Wildman–Crippen LogP) is 1.74. The second-order valence-corrected chi connectivity index (χ2v) is 4.65. The number of nitrogens with one attached hydrogen (secondary N) is 1. The lowest BCUT2D eigenvalue weighted by Gasteiger charge is -2.19. The molecule has 5 nitrogen and oxygen atoms in total. The Kier molecular flexibility index (Phi) is 6.45. The van der Waals surface area contributed by atoms with E-state index in [1.807, 2.05) is 6.92 Å². The lowest BCUT2D eigenvalue weighted by Crippen LogP contribution is -2.42. The quantitative estimate of drug-likeness (QED) is 0.837. The van der Waals surface area contributed by atoms with E-state index in [2.05, 4.69) is 5.32 Å². The summed E-state index contributed by atoms with van der Waals surface area (Å²) < 4.78 is 5.62. The highest BCUT2D eigenvalue weighted by molar-refractivity contribution is 6.30. The molecular formula is C13H19ClN2O3. The maximum absolute atomic E-state index is 11.6. The van der Waals surface area contributed by atoms with Crippen molar-refractivity contribution in [2.45, 2.75) is 13.0 Å². The number of urea groups is 1. The van der Waals surface area contributed by atoms with Gasteiger partial charge in [0.25, 0.3) is 0 Å². The van der Waals surface area contributed by atoms with Crippen LogP contribution in [0.1, 0.15) is 6.92 Å². The van der Waals surface area contributed by atoms with E-state index in [1.165, 1.54) is 4.90 Å². The zero-order valence-electron chi connectivity index (χ0n) is 11.1. The zero-order chi connectivity index (χ0) is 14.3. The van der Waals surface area contributed by atoms with Crippen molar-refractivity contribution in [2.24, 2.45) is 0 Å². The van der Waals surface area contributed by atoms with Gasteiger partial charge in [-0.1, -0.05) is 11.6 Å². The third-order valence-corrected chi connectivity index (χ3v) is 2.73. The molecule has 6 heteroatoms. The number of hydrogen-bond donors (Lipinski definition) is 2. The van der Waals surface area contributed by atoms with Gasteiger partial charge in [-0.05, 0) is 31.2 Å². The zero-order valence-corrected chi connectivity index (χ0v) is 11.9. The van der Waals surface area contributed by atoms with Gasteiger partial charge in [-0.3, -0.25) is 0 Å². The molecule has 0 aromatic heterocycles. The first-order valence-corrected chi connectivity index (χ1v) is 6.42. The average molecular weight is 287 g/mol. The fraction of sp³-hybridized carbons (Fsp3) is 0.462. The van der Waals surface area contributed by atoms with Gasteiger partial charge in [-0.2, -0.15) is 0 Å². The Morgan fingerprint density at radius 1 is 1.47 bits per heavy atom. The van der Waals surface area contributed by atoms with Crippen molar-refractivity contribution in [3.63, 3.8) is 0 Å². The van der Waals surface area contributed by atoms with Crippen LogP contribution >= 0.6 is 11.6 Å². The Balaban J connectivity index is 2.33. The molecule has 0 radical (unpaired) electrons. The van der Waals surface area contributed by atoms with Crippen LogP contribution in [-0.2, 0) is 0 Å². The number of carbonyl (C=O) groups excluding carboxylic acids is 1. The fourth-order valence-corrected chi connectivity index (χ4v) is 1.53. The molecule has 0 aliphatic heterocycles. The molecule has 1 atom stereocenters. The summed E-state index contributed by atoms with van der Waals surface area (Å²) in [6.45, 7) is 2.50. The number of likely N-dealkylation sites (N-methyl/N-ethyl adjacent to an activating group) is 1. The molecule has 1 aromatic rings. The predicted molar refractivity (Wildman–Crippen MR) is 74.7 cm³/mol. The van der Waals surface area contributed by atoms with E-state index in [9.17, 15) is 4.79 Å². The maximum Gasteiger partial charge on any atom is 0.317 e. The second kappa shape index (κ2) is 7.86. The van der Waals surface area contributed by atoms with Crippen molar-refractivity contribution in [2.75, 3.05) is 26.7 Å². The largest absolute Gasteiger partial charge is 0.489 e. The first-order chi connectivity index (χ1) is 9.02. The van der Waals surface area contributed by atoms with Gasteiger partial charge in [0.1, 0.15) is 11.9 Å². The molecule has 0 aliphatic rings. The number of amides is 2. The number of nitrogens with zero attached hydrogens (tertiary/aromatic N) is 1. The first-order valence-electron chi connectivity index (χ1n) is 6.05. The summed E-state index contributed by atoms with van der Waals surface area (Å²) in [6.07, 6.45) is -0.160. The highest BCUT2D eigenvalue weighted by Crippen LogP contribution is 2.16. The van der Waals surface area contributed by atoms with Gasteiger partial charge in [-0.15, -0.1) is 0 Å². The molecule has 1 rings (SSSR count). The number of halogens is 1. The van der Waals surface area contributed by atoms with Crippen molar-refractivity contribution < 1.29 is 14.6 Å². The third-order valence-electron chi connectivity index (χ3n) is 2.47. The molecular weight excluding hydrogens is 268 g/mol. The van der Waals surface area contributed by atoms with Crippen molar-refractivity contribution in [1.29, 1.82) is 0 Å². The van der Waals surface area contributed by atoms with Crippen LogP contribution in [-0.4, -0.2) is 48.9 Å². The minimum Gasteiger partial charge on any atom is -0.489 e. The van der Waals surface area contributed by atoms with Crippen LogP contribution in [0.25, 0.3) is 0 Å². The molecule has 0 heterocycles. The molecule has 0 spiro atoms. The first kappa shape index (κ1) is 15.6. The molecule has 0 aliphatic carbocycles. The monoisotopic (exact) mass is 286 g/mol. The molecule has 2 amide bonds. The van der Waals surface area contributed by atoms with E-state index < -0.39 is 0 Å². The third kappa shape index (κ3) is 5.81. The van der Waals surface area contributed by atoms with Crippen LogP contribution in [0.5, 0.6) is 5.75 Å². The van der Waals surface area contributed by atoms with Crippen molar-refractivity contribution in [1.82, 2.24) is 10.2 Å². The van der Waals surface area contributed by atoms with Gasteiger partial charge in [0.05, 0.1) is 13.2 Å². The van der Waals surface area contributed by atoms with Crippen LogP contribution in [0.15, 0.2) is 24.3 Å². The number of hydrogen-bond acceptors (Lipinski definition) is 3. The summed E-state index contributed by atoms with van der Waals surface area (Å²) in [5.41, 5.74) is 0. The lowest BCUT2D eigenvalue weighted by atomic mass is 10.3. The smallest absolute Gasteiger partial charge is 0.317 e. The Morgan fingerprint density at radius 3 is 2.68 bits per heavy atom. The van der Waals surface area contributed by atoms with Gasteiger partial charge in [0.15, 0.2) is 0 Å². The summed E-state index contributed by atoms with van der Waals surface area (Å²) in [7, 11) is 1.62. The highest BCUT2D eigenvalue weighted by Gasteiger charge is 2.10. The lowest BCUT2D eigenvalue weighted by molar-refractivity contribution is 0.178. The number of benzene rings is 1. The molecule has 0 saturated carbocycles. The minimum absolute atomic E-state index is 0.0548. The van der Waals surface area contributed by atoms with Crippen LogP contribution in [0, 0.1) is 0 Å². The van der Waals surface area contributed by atoms with Crippen LogP contribution in [0.4, 0.5) is 4.79 Å². The number of aliphatic hydroxyl groups excluding tert-OH is 1. The van der Waals surface area contributed by atoms with Crippen LogP contribution in [0.2, 0.25) is 5.02 Å². The van der Waals surface area contributed by atoms with Crippen molar-refractivity contribution in [3.05, 3.63) is 29.3 Å². The van der Waals surface area contributed by atoms with Crippen LogP contribution in [0.3, 0.4) is 0 Å². The highest BCUT2D eigenvalue weighted by atomic mass is 35.5. The number of aliphatic hydroxyl groups is 1. The standard InChI is InChI=1S/C13H19ClN2O3/c1-10(9-15-13(18)16(2)7-8-17)19-12-5-3-11(14)4-6-12/h3-6,10,17H,7-9H2,1-2H3,(H,15,18). The summed E-state index contributed by atoms with van der Waals surface area (Å²) in [5.74, 6) is 0.704. The molecule has 2 N–H and O–H groups in total. The molecule has 1 aromatic carbocycles. The average Bonchev–Trinajstić information content (AvgIpc) is 2.39. The van der Waals surface area contributed by atoms with Gasteiger partial charge >= 0.3 is 6.03 Å². The second-order valence-electron chi connectivity index (χ2n) is 4.21. The fourth-order valence-electron chi connectivity index (χ4n) is 1.40. The van der Waals surface area contributed by atoms with E-state index in [-0.39, 0.29) is 18.7 Å². The van der Waals surface area contributed by atoms with E-state index in [0.29, 0.717) is 23.9 Å². The summed E-state index contributed by atoms with van der Waals surface area (Å²) >= 11 is 5.78. The van der Waals surface area contributed by atoms with Crippen LogP contribution < -0.4 is 10.1 Å². The number of ether oxygens (including phenoxy) is 1. The van der Waals surface area contributed by atoms with E-state index >= 15 is 0 Å². The van der Waals surface area contributed by atoms with E-state index in [4.69, 9.17) is 21.4 Å². The Bertz CT molecular complexity index is 397. The summed E-state index contributed by atoms with van der Waals surface area (Å²) in [5, 5.41) is 12.1. The molecule has 0 saturated heterocycles. The minimum atomic E-state index is -0.236. The van der Waals surface area contributed by atoms with Crippen molar-refractivity contribution >= 4 is 17.6 Å². The summed E-state index contributed by atoms with van der Waals surface area (Å²) in [4.78, 5) is 13.0. The molecule has 1 unspecified atom stereocenters. The number of carbonyl (C=O) groups is 1. The van der Waals surface area contributed by atoms with E-state index in [1.54, 1.807) is 31.3 Å². The maximum atomic E-state index is 11.6. The normalized spacial score (nSPS) is 11.8. The van der Waals surface area contributed by atoms with E-state index in [0.717, 1.165) is 0 Å². The molecule has 0 fully saturated rings. The van der Waals surface area contributed by atoms with Crippen molar-refractivity contribution in [3.8, 4) is 5.75 Å². The van der Waals surface area contributed by atoms with Gasteiger partial charge in [0, 0.05) is 18.6 Å². The number of rotatable bonds is 6. The topological polar surface area (TPSA) is 61.8 Å².